The van der Waals surface area contributed by atoms with Crippen LogP contribution in [-0.2, 0) is 17.6 Å². The summed E-state index contributed by atoms with van der Waals surface area (Å²) in [4.78, 5) is 32.5. The second-order valence-corrected chi connectivity index (χ2v) is 9.06. The summed E-state index contributed by atoms with van der Waals surface area (Å²) in [6.07, 6.45) is 4.47. The maximum atomic E-state index is 13.2. The van der Waals surface area contributed by atoms with Gasteiger partial charge in [0.1, 0.15) is 10.9 Å². The molecule has 0 radical (unpaired) electrons. The zero-order chi connectivity index (χ0) is 20.0. The number of amides is 1. The molecule has 146 valence electrons. The fourth-order valence-corrected chi connectivity index (χ4v) is 5.24. The van der Waals surface area contributed by atoms with Crippen molar-refractivity contribution in [3.05, 3.63) is 55.9 Å². The minimum absolute atomic E-state index is 0.137. The van der Waals surface area contributed by atoms with Crippen molar-refractivity contribution in [3.8, 4) is 0 Å². The van der Waals surface area contributed by atoms with Crippen molar-refractivity contribution < 1.29 is 4.79 Å². The van der Waals surface area contributed by atoms with Gasteiger partial charge in [-0.1, -0.05) is 24.6 Å². The highest BCUT2D eigenvalue weighted by Crippen LogP contribution is 2.35. The average Bonchev–Trinajstić information content (AvgIpc) is 3.03. The van der Waals surface area contributed by atoms with Crippen LogP contribution in [0.4, 0.5) is 5.69 Å². The Morgan fingerprint density at radius 1 is 1.43 bits per heavy atom. The lowest BCUT2D eigenvalue weighted by Gasteiger charge is -2.18. The Bertz CT molecular complexity index is 1130. The molecule has 0 bridgehead atoms. The second-order valence-electron chi connectivity index (χ2n) is 7.57. The topological polar surface area (TPSA) is 64.0 Å². The van der Waals surface area contributed by atoms with Crippen molar-refractivity contribution in [1.29, 1.82) is 0 Å². The van der Waals surface area contributed by atoms with Crippen molar-refractivity contribution >= 4 is 44.7 Å². The summed E-state index contributed by atoms with van der Waals surface area (Å²) in [7, 11) is 0. The Kier molecular flexibility index (Phi) is 5.02. The van der Waals surface area contributed by atoms with E-state index in [0.29, 0.717) is 22.0 Å². The van der Waals surface area contributed by atoms with Crippen LogP contribution in [0.2, 0.25) is 5.02 Å². The highest BCUT2D eigenvalue weighted by atomic mass is 35.5. The number of benzene rings is 1. The van der Waals surface area contributed by atoms with Crippen LogP contribution in [0, 0.1) is 12.8 Å². The van der Waals surface area contributed by atoms with E-state index >= 15 is 0 Å². The fourth-order valence-electron chi connectivity index (χ4n) is 3.73. The van der Waals surface area contributed by atoms with Gasteiger partial charge in [-0.25, -0.2) is 4.98 Å². The fraction of sp³-hybridized carbons (Fsp3) is 0.381. The number of hydrogen-bond donors (Lipinski definition) is 1. The summed E-state index contributed by atoms with van der Waals surface area (Å²) in [5, 5.41) is 4.15. The quantitative estimate of drug-likeness (QED) is 0.671. The molecule has 2 aromatic heterocycles. The first-order chi connectivity index (χ1) is 13.4. The molecule has 0 aliphatic heterocycles. The summed E-state index contributed by atoms with van der Waals surface area (Å²) < 4.78 is 1.43. The van der Waals surface area contributed by atoms with E-state index in [9.17, 15) is 9.59 Å². The number of carbonyl (C=O) groups excluding carboxylic acids is 1. The predicted molar refractivity (Wildman–Crippen MR) is 115 cm³/mol. The third kappa shape index (κ3) is 3.25. The predicted octanol–water partition coefficient (Wildman–Crippen LogP) is 4.74. The minimum Gasteiger partial charge on any atom is -0.324 e. The summed E-state index contributed by atoms with van der Waals surface area (Å²) >= 11 is 7.75. The van der Waals surface area contributed by atoms with Crippen molar-refractivity contribution in [1.82, 2.24) is 9.55 Å². The molecule has 4 rings (SSSR count). The second kappa shape index (κ2) is 7.33. The summed E-state index contributed by atoms with van der Waals surface area (Å²) in [6.45, 7) is 5.80. The Morgan fingerprint density at radius 3 is 3.00 bits per heavy atom. The third-order valence-corrected chi connectivity index (χ3v) is 7.13. The van der Waals surface area contributed by atoms with Gasteiger partial charge in [0.15, 0.2) is 0 Å². The molecule has 2 heterocycles. The Morgan fingerprint density at radius 2 is 2.21 bits per heavy atom. The molecular weight excluding hydrogens is 394 g/mol. The molecule has 0 saturated heterocycles. The molecule has 1 aliphatic rings. The molecule has 1 N–H and O–H groups in total. The number of hydrogen-bond acceptors (Lipinski definition) is 4. The van der Waals surface area contributed by atoms with Gasteiger partial charge in [0, 0.05) is 15.6 Å². The van der Waals surface area contributed by atoms with Crippen molar-refractivity contribution in [3.63, 3.8) is 0 Å². The Hall–Kier alpha value is -2.18. The SMILES string of the molecule is Cc1c(Cl)cccc1NC(=O)C(C)n1cnc2sc3c(c2c1=O)CCC(C)C3. The number of anilines is 1. The van der Waals surface area contributed by atoms with Crippen LogP contribution in [0.25, 0.3) is 10.2 Å². The normalized spacial score (nSPS) is 17.4. The molecule has 28 heavy (non-hydrogen) atoms. The van der Waals surface area contributed by atoms with E-state index < -0.39 is 6.04 Å². The smallest absolute Gasteiger partial charge is 0.263 e. The number of thiophene rings is 1. The maximum absolute atomic E-state index is 13.2. The lowest BCUT2D eigenvalue weighted by molar-refractivity contribution is -0.118. The van der Waals surface area contributed by atoms with E-state index in [1.54, 1.807) is 36.5 Å². The molecule has 7 heteroatoms. The summed E-state index contributed by atoms with van der Waals surface area (Å²) in [5.41, 5.74) is 2.44. The highest BCUT2D eigenvalue weighted by Gasteiger charge is 2.25. The molecule has 0 spiro atoms. The van der Waals surface area contributed by atoms with Gasteiger partial charge in [-0.05, 0) is 62.3 Å². The van der Waals surface area contributed by atoms with Gasteiger partial charge in [-0.3, -0.25) is 14.2 Å². The highest BCUT2D eigenvalue weighted by molar-refractivity contribution is 7.18. The number of halogens is 1. The minimum atomic E-state index is -0.680. The van der Waals surface area contributed by atoms with Crippen LogP contribution < -0.4 is 10.9 Å². The largest absolute Gasteiger partial charge is 0.324 e. The van der Waals surface area contributed by atoms with Gasteiger partial charge in [-0.15, -0.1) is 11.3 Å². The van der Waals surface area contributed by atoms with Gasteiger partial charge in [0.2, 0.25) is 5.91 Å². The van der Waals surface area contributed by atoms with Crippen molar-refractivity contribution in [2.75, 3.05) is 5.32 Å². The van der Waals surface area contributed by atoms with Crippen molar-refractivity contribution in [2.45, 2.75) is 46.1 Å². The van der Waals surface area contributed by atoms with Crippen LogP contribution in [0.3, 0.4) is 0 Å². The van der Waals surface area contributed by atoms with Crippen LogP contribution in [0.15, 0.2) is 29.3 Å². The van der Waals surface area contributed by atoms with E-state index in [0.717, 1.165) is 35.2 Å². The maximum Gasteiger partial charge on any atom is 0.263 e. The molecule has 0 fully saturated rings. The molecule has 1 amide bonds. The van der Waals surface area contributed by atoms with E-state index in [1.807, 2.05) is 6.92 Å². The van der Waals surface area contributed by atoms with Gasteiger partial charge < -0.3 is 5.32 Å². The van der Waals surface area contributed by atoms with Gasteiger partial charge >= 0.3 is 0 Å². The Balaban J connectivity index is 1.68. The van der Waals surface area contributed by atoms with Gasteiger partial charge in [0.05, 0.1) is 11.7 Å². The van der Waals surface area contributed by atoms with E-state index in [-0.39, 0.29) is 11.5 Å². The standard InChI is InChI=1S/C21H22ClN3O2S/c1-11-7-8-14-17(9-11)28-20-18(14)21(27)25(10-23-20)13(3)19(26)24-16-6-4-5-15(22)12(16)2/h4-6,10-11,13H,7-9H2,1-3H3,(H,24,26). The number of fused-ring (bicyclic) bond motifs is 3. The first-order valence-electron chi connectivity index (χ1n) is 9.44. The first-order valence-corrected chi connectivity index (χ1v) is 10.6. The summed E-state index contributed by atoms with van der Waals surface area (Å²) in [5.74, 6) is 0.361. The third-order valence-electron chi connectivity index (χ3n) is 5.56. The number of rotatable bonds is 3. The van der Waals surface area contributed by atoms with Crippen LogP contribution in [-0.4, -0.2) is 15.5 Å². The molecule has 1 aromatic carbocycles. The average molecular weight is 416 g/mol. The first kappa shape index (κ1) is 19.2. The molecule has 2 atom stereocenters. The van der Waals surface area contributed by atoms with E-state index in [1.165, 1.54) is 15.8 Å². The lowest BCUT2D eigenvalue weighted by atomic mass is 9.89. The number of aryl methyl sites for hydroxylation is 1. The van der Waals surface area contributed by atoms with Gasteiger partial charge in [0.25, 0.3) is 5.56 Å². The van der Waals surface area contributed by atoms with Crippen LogP contribution in [0.5, 0.6) is 0 Å². The van der Waals surface area contributed by atoms with Crippen molar-refractivity contribution in [2.24, 2.45) is 5.92 Å². The number of nitrogens with zero attached hydrogens (tertiary/aromatic N) is 2. The molecule has 0 saturated carbocycles. The van der Waals surface area contributed by atoms with Crippen LogP contribution in [0.1, 0.15) is 42.3 Å². The van der Waals surface area contributed by atoms with E-state index in [2.05, 4.69) is 17.2 Å². The van der Waals surface area contributed by atoms with Crippen LogP contribution >= 0.6 is 22.9 Å². The van der Waals surface area contributed by atoms with Gasteiger partial charge in [-0.2, -0.15) is 0 Å². The Labute approximate surface area is 172 Å². The molecular formula is C21H22ClN3O2S. The lowest BCUT2D eigenvalue weighted by Crippen LogP contribution is -2.32. The summed E-state index contributed by atoms with van der Waals surface area (Å²) in [6, 6.07) is 4.68. The molecule has 5 nitrogen and oxygen atoms in total. The zero-order valence-electron chi connectivity index (χ0n) is 16.1. The molecule has 1 aliphatic carbocycles. The monoisotopic (exact) mass is 415 g/mol. The number of carbonyl (C=O) groups is 1. The zero-order valence-corrected chi connectivity index (χ0v) is 17.7. The van der Waals surface area contributed by atoms with E-state index in [4.69, 9.17) is 11.6 Å². The molecule has 2 unspecified atom stereocenters. The number of aromatic nitrogens is 2. The number of nitrogens with one attached hydrogen (secondary N) is 1. The molecule has 3 aromatic rings.